The normalized spacial score (nSPS) is 29.5. The Bertz CT molecular complexity index is 353. The van der Waals surface area contributed by atoms with Crippen molar-refractivity contribution >= 4 is 5.91 Å². The van der Waals surface area contributed by atoms with Gasteiger partial charge in [-0.05, 0) is 30.9 Å². The van der Waals surface area contributed by atoms with Crippen LogP contribution >= 0.6 is 0 Å². The van der Waals surface area contributed by atoms with Crippen LogP contribution in [0.4, 0.5) is 0 Å². The summed E-state index contributed by atoms with van der Waals surface area (Å²) in [6.07, 6.45) is 10.7. The van der Waals surface area contributed by atoms with Gasteiger partial charge in [0.1, 0.15) is 0 Å². The van der Waals surface area contributed by atoms with Crippen LogP contribution in [0.15, 0.2) is 35.6 Å². The zero-order chi connectivity index (χ0) is 12.7. The fraction of sp³-hybridized carbons (Fsp3) is 0.500. The lowest BCUT2D eigenvalue weighted by Crippen LogP contribution is -2.23. The smallest absolute Gasteiger partial charge is 0.244 e. The largest absolute Gasteiger partial charge is 0.399 e. The second kappa shape index (κ2) is 6.94. The van der Waals surface area contributed by atoms with Crippen LogP contribution in [0.1, 0.15) is 33.1 Å². The third-order valence-corrected chi connectivity index (χ3v) is 2.91. The van der Waals surface area contributed by atoms with E-state index in [2.05, 4.69) is 25.2 Å². The van der Waals surface area contributed by atoms with Crippen molar-refractivity contribution < 1.29 is 4.79 Å². The van der Waals surface area contributed by atoms with Crippen LogP contribution < -0.4 is 11.1 Å². The molecule has 0 saturated carbocycles. The zero-order valence-electron chi connectivity index (χ0n) is 10.7. The van der Waals surface area contributed by atoms with Gasteiger partial charge in [-0.15, -0.1) is 0 Å². The zero-order valence-corrected chi connectivity index (χ0v) is 10.7. The highest BCUT2D eigenvalue weighted by atomic mass is 16.1. The van der Waals surface area contributed by atoms with Crippen molar-refractivity contribution in [2.45, 2.75) is 33.1 Å². The number of nitrogens with two attached hydrogens (primary N) is 1. The Morgan fingerprint density at radius 2 is 2.29 bits per heavy atom. The average molecular weight is 234 g/mol. The van der Waals surface area contributed by atoms with Crippen molar-refractivity contribution in [3.05, 3.63) is 35.6 Å². The van der Waals surface area contributed by atoms with E-state index in [1.54, 1.807) is 6.08 Å². The molecule has 0 radical (unpaired) electrons. The van der Waals surface area contributed by atoms with Gasteiger partial charge in [-0.3, -0.25) is 4.79 Å². The molecule has 0 aliphatic carbocycles. The molecule has 17 heavy (non-hydrogen) atoms. The van der Waals surface area contributed by atoms with Crippen LogP contribution in [-0.2, 0) is 4.79 Å². The Labute approximate surface area is 103 Å². The van der Waals surface area contributed by atoms with Gasteiger partial charge < -0.3 is 11.1 Å². The van der Waals surface area contributed by atoms with Crippen molar-refractivity contribution in [1.82, 2.24) is 5.32 Å². The number of carbonyl (C=O) groups excluding carboxylic acids is 1. The summed E-state index contributed by atoms with van der Waals surface area (Å²) >= 11 is 0. The lowest BCUT2D eigenvalue weighted by molar-refractivity contribution is -0.116. The SMILES string of the molecule is CCCC/C1=C/C(=O)NC/C=C(N)\C=C/C1C. The Hall–Kier alpha value is -1.51. The molecule has 0 bridgehead atoms. The molecule has 0 aromatic rings. The molecule has 1 unspecified atom stereocenters. The molecule has 1 aliphatic heterocycles. The molecule has 3 N–H and O–H groups in total. The molecule has 3 nitrogen and oxygen atoms in total. The molecule has 0 fully saturated rings. The molecule has 0 saturated heterocycles. The van der Waals surface area contributed by atoms with Crippen molar-refractivity contribution in [2.75, 3.05) is 6.54 Å². The summed E-state index contributed by atoms with van der Waals surface area (Å²) in [6.45, 7) is 4.74. The van der Waals surface area contributed by atoms with Crippen molar-refractivity contribution in [3.63, 3.8) is 0 Å². The van der Waals surface area contributed by atoms with Crippen LogP contribution in [0.3, 0.4) is 0 Å². The fourth-order valence-electron chi connectivity index (χ4n) is 1.75. The average Bonchev–Trinajstić information content (AvgIpc) is 2.30. The molecule has 0 spiro atoms. The number of rotatable bonds is 3. The van der Waals surface area contributed by atoms with Crippen LogP contribution in [0.5, 0.6) is 0 Å². The van der Waals surface area contributed by atoms with Gasteiger partial charge in [-0.2, -0.15) is 0 Å². The lowest BCUT2D eigenvalue weighted by atomic mass is 9.94. The van der Waals surface area contributed by atoms with Gasteiger partial charge in [0.2, 0.25) is 5.91 Å². The van der Waals surface area contributed by atoms with Gasteiger partial charge in [-0.1, -0.05) is 31.9 Å². The van der Waals surface area contributed by atoms with Crippen LogP contribution in [0.2, 0.25) is 0 Å². The summed E-state index contributed by atoms with van der Waals surface area (Å²) in [5, 5.41) is 2.80. The minimum absolute atomic E-state index is 0.0256. The van der Waals surface area contributed by atoms with Gasteiger partial charge in [0.15, 0.2) is 0 Å². The maximum atomic E-state index is 11.6. The van der Waals surface area contributed by atoms with E-state index in [1.165, 1.54) is 5.57 Å². The number of carbonyl (C=O) groups is 1. The first-order chi connectivity index (χ1) is 8.13. The van der Waals surface area contributed by atoms with Gasteiger partial charge in [0.25, 0.3) is 0 Å². The summed E-state index contributed by atoms with van der Waals surface area (Å²) < 4.78 is 0. The van der Waals surface area contributed by atoms with Gasteiger partial charge in [-0.25, -0.2) is 0 Å². The number of amides is 1. The van der Waals surface area contributed by atoms with Crippen LogP contribution in [0, 0.1) is 5.92 Å². The molecule has 1 heterocycles. The highest BCUT2D eigenvalue weighted by molar-refractivity contribution is 5.88. The first kappa shape index (κ1) is 13.6. The molecular weight excluding hydrogens is 212 g/mol. The number of hydrogen-bond donors (Lipinski definition) is 2. The van der Waals surface area contributed by atoms with E-state index < -0.39 is 0 Å². The Morgan fingerprint density at radius 3 is 3.00 bits per heavy atom. The molecule has 1 rings (SSSR count). The predicted octanol–water partition coefficient (Wildman–Crippen LogP) is 2.27. The molecule has 1 amide bonds. The molecule has 1 aliphatic rings. The monoisotopic (exact) mass is 234 g/mol. The standard InChI is InChI=1S/C14H22N2O/c1-3-4-5-12-10-14(17)16-9-8-13(15)7-6-11(12)2/h6-8,10-11H,3-5,9,15H2,1-2H3,(H,16,17)/b7-6-,12-10-,13-8+. The minimum atomic E-state index is -0.0256. The lowest BCUT2D eigenvalue weighted by Gasteiger charge is -2.13. The molecule has 0 aromatic heterocycles. The van der Waals surface area contributed by atoms with Crippen LogP contribution in [0.25, 0.3) is 0 Å². The van der Waals surface area contributed by atoms with Gasteiger partial charge in [0.05, 0.1) is 0 Å². The molecule has 1 atom stereocenters. The van der Waals surface area contributed by atoms with Crippen molar-refractivity contribution in [3.8, 4) is 0 Å². The Kier molecular flexibility index (Phi) is 5.53. The topological polar surface area (TPSA) is 55.1 Å². The predicted molar refractivity (Wildman–Crippen MR) is 71.2 cm³/mol. The quantitative estimate of drug-likeness (QED) is 0.787. The second-order valence-electron chi connectivity index (χ2n) is 4.42. The van der Waals surface area contributed by atoms with E-state index in [0.717, 1.165) is 19.3 Å². The third-order valence-electron chi connectivity index (χ3n) is 2.91. The number of nitrogens with one attached hydrogen (secondary N) is 1. The highest BCUT2D eigenvalue weighted by Crippen LogP contribution is 2.19. The highest BCUT2D eigenvalue weighted by Gasteiger charge is 2.08. The first-order valence-corrected chi connectivity index (χ1v) is 6.25. The molecule has 0 aromatic carbocycles. The van der Waals surface area contributed by atoms with E-state index in [-0.39, 0.29) is 11.8 Å². The number of allylic oxidation sites excluding steroid dienone is 3. The fourth-order valence-corrected chi connectivity index (χ4v) is 1.75. The summed E-state index contributed by atoms with van der Waals surface area (Å²) in [5.41, 5.74) is 7.66. The third kappa shape index (κ3) is 4.89. The van der Waals surface area contributed by atoms with E-state index >= 15 is 0 Å². The summed E-state index contributed by atoms with van der Waals surface area (Å²) in [7, 11) is 0. The van der Waals surface area contributed by atoms with E-state index in [9.17, 15) is 4.79 Å². The van der Waals surface area contributed by atoms with E-state index in [1.807, 2.05) is 12.2 Å². The maximum absolute atomic E-state index is 11.6. The first-order valence-electron chi connectivity index (χ1n) is 6.25. The minimum Gasteiger partial charge on any atom is -0.399 e. The van der Waals surface area contributed by atoms with Crippen molar-refractivity contribution in [2.24, 2.45) is 11.7 Å². The Morgan fingerprint density at radius 1 is 1.53 bits per heavy atom. The van der Waals surface area contributed by atoms with E-state index in [4.69, 9.17) is 5.73 Å². The molecular formula is C14H22N2O. The van der Waals surface area contributed by atoms with E-state index in [0.29, 0.717) is 12.2 Å². The number of unbranched alkanes of at least 4 members (excludes halogenated alkanes) is 1. The summed E-state index contributed by atoms with van der Waals surface area (Å²) in [6, 6.07) is 0. The summed E-state index contributed by atoms with van der Waals surface area (Å²) in [4.78, 5) is 11.6. The van der Waals surface area contributed by atoms with Crippen LogP contribution in [-0.4, -0.2) is 12.5 Å². The van der Waals surface area contributed by atoms with Crippen molar-refractivity contribution in [1.29, 1.82) is 0 Å². The van der Waals surface area contributed by atoms with Gasteiger partial charge in [0, 0.05) is 18.3 Å². The maximum Gasteiger partial charge on any atom is 0.244 e. The Balaban J connectivity index is 2.86. The second-order valence-corrected chi connectivity index (χ2v) is 4.42. The molecule has 3 heteroatoms. The number of hydrogen-bond acceptors (Lipinski definition) is 2. The van der Waals surface area contributed by atoms with Gasteiger partial charge >= 0.3 is 0 Å². The summed E-state index contributed by atoms with van der Waals surface area (Å²) in [5.74, 6) is 0.236. The molecule has 94 valence electrons.